The molecule has 4 aromatic rings. The van der Waals surface area contributed by atoms with E-state index in [-0.39, 0.29) is 0 Å². The molecule has 142 valence electrons. The molecule has 4 aromatic carbocycles. The number of fused-ring (bicyclic) bond motifs is 1. The lowest BCUT2D eigenvalue weighted by molar-refractivity contribution is 0.582. The summed E-state index contributed by atoms with van der Waals surface area (Å²) in [5, 5.41) is 0.792. The Kier molecular flexibility index (Phi) is 4.54. The number of halogens is 1. The lowest BCUT2D eigenvalue weighted by atomic mass is 10.2. The molecular formula is C24H18BrN2OP. The number of hydrogen-bond acceptors (Lipinski definition) is 1. The van der Waals surface area contributed by atoms with Crippen molar-refractivity contribution >= 4 is 51.4 Å². The lowest BCUT2D eigenvalue weighted by Crippen LogP contribution is -2.26. The first kappa shape index (κ1) is 18.2. The van der Waals surface area contributed by atoms with Gasteiger partial charge in [-0.05, 0) is 54.6 Å². The maximum Gasteiger partial charge on any atom is 0.301 e. The fraction of sp³-hybridized carbons (Fsp3) is 0. The standard InChI is InChI=1S/C24H18BrN2OP/c25-19-16-17-23-24(18-19)27(21-12-6-2-7-13-21)29(28,22-14-8-3-9-15-22)26(23)20-10-4-1-5-11-20/h1-18H. The zero-order valence-electron chi connectivity index (χ0n) is 15.5. The van der Waals surface area contributed by atoms with Crippen LogP contribution < -0.4 is 14.6 Å². The molecule has 1 atom stereocenters. The molecule has 0 saturated carbocycles. The number of rotatable bonds is 3. The normalized spacial score (nSPS) is 18.0. The third-order valence-electron chi connectivity index (χ3n) is 5.03. The lowest BCUT2D eigenvalue weighted by Gasteiger charge is -2.33. The zero-order chi connectivity index (χ0) is 19.8. The van der Waals surface area contributed by atoms with Crippen molar-refractivity contribution in [3.8, 4) is 0 Å². The minimum Gasteiger partial charge on any atom is -0.270 e. The Morgan fingerprint density at radius 2 is 1.07 bits per heavy atom. The van der Waals surface area contributed by atoms with Crippen molar-refractivity contribution in [3.05, 3.63) is 114 Å². The second-order valence-corrected chi connectivity index (χ2v) is 10.1. The highest BCUT2D eigenvalue weighted by atomic mass is 79.9. The Labute approximate surface area is 178 Å². The predicted molar refractivity (Wildman–Crippen MR) is 125 cm³/mol. The summed E-state index contributed by atoms with van der Waals surface area (Å²) in [6.45, 7) is 0. The summed E-state index contributed by atoms with van der Waals surface area (Å²) in [6.07, 6.45) is 0. The van der Waals surface area contributed by atoms with E-state index in [4.69, 9.17) is 0 Å². The van der Waals surface area contributed by atoms with Crippen LogP contribution in [0.2, 0.25) is 0 Å². The Balaban J connectivity index is 1.86. The predicted octanol–water partition coefficient (Wildman–Crippen LogP) is 7.26. The fourth-order valence-corrected chi connectivity index (χ4v) is 7.17. The van der Waals surface area contributed by atoms with Crippen LogP contribution in [0.3, 0.4) is 0 Å². The third-order valence-corrected chi connectivity index (χ3v) is 8.47. The van der Waals surface area contributed by atoms with E-state index in [9.17, 15) is 0 Å². The van der Waals surface area contributed by atoms with Crippen LogP contribution in [0, 0.1) is 0 Å². The van der Waals surface area contributed by atoms with Gasteiger partial charge in [-0.15, -0.1) is 0 Å². The van der Waals surface area contributed by atoms with Crippen LogP contribution in [0.4, 0.5) is 22.7 Å². The molecule has 1 heterocycles. The summed E-state index contributed by atoms with van der Waals surface area (Å²) >= 11 is 3.60. The first-order chi connectivity index (χ1) is 14.2. The van der Waals surface area contributed by atoms with Gasteiger partial charge in [0.15, 0.2) is 0 Å². The highest BCUT2D eigenvalue weighted by Gasteiger charge is 2.48. The molecule has 3 nitrogen and oxygen atoms in total. The van der Waals surface area contributed by atoms with Gasteiger partial charge in [-0.25, -0.2) is 0 Å². The van der Waals surface area contributed by atoms with Crippen molar-refractivity contribution in [2.75, 3.05) is 9.34 Å². The molecule has 0 radical (unpaired) electrons. The second kappa shape index (κ2) is 7.22. The first-order valence-corrected chi connectivity index (χ1v) is 11.8. The molecular weight excluding hydrogens is 443 g/mol. The summed E-state index contributed by atoms with van der Waals surface area (Å²) in [6, 6.07) is 35.7. The Hall–Kier alpha value is -2.81. The SMILES string of the molecule is O=P1(c2ccccc2)N(c2ccccc2)c2ccc(Br)cc2N1c1ccccc1. The van der Waals surface area contributed by atoms with Gasteiger partial charge in [0.05, 0.1) is 16.7 Å². The molecule has 29 heavy (non-hydrogen) atoms. The molecule has 1 unspecified atom stereocenters. The summed E-state index contributed by atoms with van der Waals surface area (Å²) in [5.74, 6) is 0. The molecule has 0 aliphatic carbocycles. The third kappa shape index (κ3) is 2.91. The molecule has 1 aliphatic heterocycles. The molecule has 1 aliphatic rings. The van der Waals surface area contributed by atoms with Crippen LogP contribution in [0.1, 0.15) is 0 Å². The fourth-order valence-electron chi connectivity index (χ4n) is 3.81. The molecule has 0 saturated heterocycles. The minimum atomic E-state index is -3.24. The van der Waals surface area contributed by atoms with Crippen molar-refractivity contribution in [1.82, 2.24) is 0 Å². The average molecular weight is 461 g/mol. The van der Waals surface area contributed by atoms with Crippen LogP contribution in [0.15, 0.2) is 114 Å². The summed E-state index contributed by atoms with van der Waals surface area (Å²) < 4.78 is 20.0. The van der Waals surface area contributed by atoms with E-state index in [1.165, 1.54) is 0 Å². The van der Waals surface area contributed by atoms with Crippen molar-refractivity contribution < 1.29 is 4.57 Å². The van der Waals surface area contributed by atoms with Crippen molar-refractivity contribution in [2.24, 2.45) is 0 Å². The number of nitrogens with zero attached hydrogens (tertiary/aromatic N) is 2. The number of para-hydroxylation sites is 2. The summed E-state index contributed by atoms with van der Waals surface area (Å²) in [4.78, 5) is 0. The zero-order valence-corrected chi connectivity index (χ0v) is 18.0. The van der Waals surface area contributed by atoms with Crippen molar-refractivity contribution in [2.45, 2.75) is 0 Å². The van der Waals surface area contributed by atoms with Gasteiger partial charge < -0.3 is 0 Å². The van der Waals surface area contributed by atoms with Crippen LogP contribution in [-0.4, -0.2) is 0 Å². The molecule has 0 fully saturated rings. The van der Waals surface area contributed by atoms with Crippen LogP contribution >= 0.6 is 23.4 Å². The van der Waals surface area contributed by atoms with E-state index in [0.717, 1.165) is 32.5 Å². The topological polar surface area (TPSA) is 23.6 Å². The van der Waals surface area contributed by atoms with Crippen molar-refractivity contribution in [1.29, 1.82) is 0 Å². The summed E-state index contributed by atoms with van der Waals surface area (Å²) in [5.41, 5.74) is 3.65. The quantitative estimate of drug-likeness (QED) is 0.300. The van der Waals surface area contributed by atoms with Crippen molar-refractivity contribution in [3.63, 3.8) is 0 Å². The monoisotopic (exact) mass is 460 g/mol. The van der Waals surface area contributed by atoms with Gasteiger partial charge in [0.1, 0.15) is 0 Å². The van der Waals surface area contributed by atoms with E-state index in [1.807, 2.05) is 119 Å². The van der Waals surface area contributed by atoms with Gasteiger partial charge in [0.2, 0.25) is 0 Å². The molecule has 0 aromatic heterocycles. The maximum absolute atomic E-state index is 15.1. The van der Waals surface area contributed by atoms with Gasteiger partial charge in [0.25, 0.3) is 0 Å². The van der Waals surface area contributed by atoms with Gasteiger partial charge in [-0.2, -0.15) is 0 Å². The van der Waals surface area contributed by atoms with Crippen LogP contribution in [-0.2, 0) is 4.57 Å². The van der Waals surface area contributed by atoms with Gasteiger partial charge in [0, 0.05) is 15.8 Å². The van der Waals surface area contributed by atoms with E-state index < -0.39 is 7.44 Å². The molecule has 0 spiro atoms. The highest BCUT2D eigenvalue weighted by molar-refractivity contribution is 9.10. The number of anilines is 4. The van der Waals surface area contributed by atoms with E-state index >= 15 is 4.57 Å². The Bertz CT molecular complexity index is 1200. The Morgan fingerprint density at radius 3 is 1.62 bits per heavy atom. The average Bonchev–Trinajstić information content (AvgIpc) is 3.04. The van der Waals surface area contributed by atoms with Gasteiger partial charge >= 0.3 is 7.44 Å². The molecule has 5 heteroatoms. The maximum atomic E-state index is 15.1. The minimum absolute atomic E-state index is 0.792. The summed E-state index contributed by atoms with van der Waals surface area (Å²) in [7, 11) is -3.24. The largest absolute Gasteiger partial charge is 0.301 e. The molecule has 0 bridgehead atoms. The highest BCUT2D eigenvalue weighted by Crippen LogP contribution is 2.70. The Morgan fingerprint density at radius 1 is 0.586 bits per heavy atom. The van der Waals surface area contributed by atoms with Crippen LogP contribution in [0.5, 0.6) is 0 Å². The molecule has 0 N–H and O–H groups in total. The van der Waals surface area contributed by atoms with Crippen LogP contribution in [0.25, 0.3) is 0 Å². The smallest absolute Gasteiger partial charge is 0.270 e. The number of hydrogen-bond donors (Lipinski definition) is 0. The molecule has 0 amide bonds. The number of benzene rings is 4. The molecule has 5 rings (SSSR count). The van der Waals surface area contributed by atoms with Gasteiger partial charge in [-0.3, -0.25) is 13.9 Å². The first-order valence-electron chi connectivity index (χ1n) is 9.36. The second-order valence-electron chi connectivity index (χ2n) is 6.81. The van der Waals surface area contributed by atoms with E-state index in [1.54, 1.807) is 0 Å². The van der Waals surface area contributed by atoms with E-state index in [2.05, 4.69) is 15.9 Å². The van der Waals surface area contributed by atoms with E-state index in [0.29, 0.717) is 0 Å². The van der Waals surface area contributed by atoms with Gasteiger partial charge in [-0.1, -0.05) is 70.5 Å².